The topological polar surface area (TPSA) is 74.6 Å². The molecule has 4 nitrogen and oxygen atoms in total. The van der Waals surface area contributed by atoms with Crippen LogP contribution >= 0.6 is 0 Å². The van der Waals surface area contributed by atoms with E-state index in [9.17, 15) is 18.1 Å². The Kier molecular flexibility index (Phi) is 19.7. The van der Waals surface area contributed by atoms with Crippen LogP contribution in [-0.4, -0.2) is 29.4 Å². The maximum Gasteiger partial charge on any atom is 0.267 e. The highest BCUT2D eigenvalue weighted by Gasteiger charge is 2.22. The van der Waals surface area contributed by atoms with Gasteiger partial charge in [-0.1, -0.05) is 117 Å². The Balaban J connectivity index is 3.79. The lowest BCUT2D eigenvalue weighted by Gasteiger charge is -2.15. The van der Waals surface area contributed by atoms with E-state index in [1.807, 2.05) is 0 Å². The predicted molar refractivity (Wildman–Crippen MR) is 125 cm³/mol. The number of aliphatic hydroxyl groups excluding tert-OH is 1. The largest absolute Gasteiger partial charge is 0.393 e. The monoisotopic (exact) mass is 434 g/mol. The molecule has 0 aromatic carbocycles. The number of aliphatic hydroxyl groups is 1. The SMILES string of the molecule is CCCCCCCCCCCC(CCCCC(O)CCCCCCC)S(=O)(=O)O. The number of hydrogen-bond acceptors (Lipinski definition) is 3. The lowest BCUT2D eigenvalue weighted by Crippen LogP contribution is -2.20. The summed E-state index contributed by atoms with van der Waals surface area (Å²) in [6.07, 6.45) is 20.9. The molecule has 0 amide bonds. The molecule has 0 saturated heterocycles. The van der Waals surface area contributed by atoms with Crippen molar-refractivity contribution in [2.45, 2.75) is 154 Å². The second-order valence-corrected chi connectivity index (χ2v) is 10.6. The molecule has 0 radical (unpaired) electrons. The van der Waals surface area contributed by atoms with Crippen LogP contribution in [0.25, 0.3) is 0 Å². The number of unbranched alkanes of at least 4 members (excludes halogenated alkanes) is 13. The van der Waals surface area contributed by atoms with E-state index in [4.69, 9.17) is 0 Å². The van der Waals surface area contributed by atoms with Crippen LogP contribution < -0.4 is 0 Å². The van der Waals surface area contributed by atoms with Gasteiger partial charge in [0.25, 0.3) is 10.1 Å². The molecule has 2 atom stereocenters. The molecule has 0 fully saturated rings. The first-order valence-electron chi connectivity index (χ1n) is 12.6. The zero-order valence-corrected chi connectivity index (χ0v) is 20.2. The first kappa shape index (κ1) is 28.9. The fraction of sp³-hybridized carbons (Fsp3) is 1.00. The van der Waals surface area contributed by atoms with E-state index in [0.717, 1.165) is 51.4 Å². The van der Waals surface area contributed by atoms with Crippen LogP contribution in [0.1, 0.15) is 142 Å². The maximum absolute atomic E-state index is 11.7. The minimum Gasteiger partial charge on any atom is -0.393 e. The van der Waals surface area contributed by atoms with Gasteiger partial charge in [0, 0.05) is 0 Å². The Morgan fingerprint density at radius 2 is 0.862 bits per heavy atom. The molecular weight excluding hydrogens is 384 g/mol. The minimum atomic E-state index is -3.96. The van der Waals surface area contributed by atoms with Gasteiger partial charge >= 0.3 is 0 Å². The van der Waals surface area contributed by atoms with Crippen LogP contribution in [0.15, 0.2) is 0 Å². The van der Waals surface area contributed by atoms with Crippen LogP contribution in [-0.2, 0) is 10.1 Å². The summed E-state index contributed by atoms with van der Waals surface area (Å²) in [5, 5.41) is 9.43. The van der Waals surface area contributed by atoms with E-state index in [1.165, 1.54) is 64.2 Å². The van der Waals surface area contributed by atoms with Gasteiger partial charge in [-0.25, -0.2) is 0 Å². The van der Waals surface area contributed by atoms with Crippen LogP contribution in [0.2, 0.25) is 0 Å². The first-order chi connectivity index (χ1) is 13.9. The second kappa shape index (κ2) is 19.8. The molecule has 2 N–H and O–H groups in total. The molecule has 2 unspecified atom stereocenters. The fourth-order valence-corrected chi connectivity index (χ4v) is 4.93. The summed E-state index contributed by atoms with van der Waals surface area (Å²) in [7, 11) is -3.96. The molecule has 0 aromatic rings. The fourth-order valence-electron chi connectivity index (χ4n) is 4.00. The third kappa shape index (κ3) is 19.6. The van der Waals surface area contributed by atoms with Gasteiger partial charge in [0.05, 0.1) is 11.4 Å². The summed E-state index contributed by atoms with van der Waals surface area (Å²) < 4.78 is 32.8. The van der Waals surface area contributed by atoms with E-state index in [2.05, 4.69) is 13.8 Å². The third-order valence-corrected chi connectivity index (χ3v) is 7.32. The molecule has 29 heavy (non-hydrogen) atoms. The van der Waals surface area contributed by atoms with Crippen molar-refractivity contribution in [1.29, 1.82) is 0 Å². The second-order valence-electron chi connectivity index (χ2n) is 8.90. The molecule has 0 aliphatic carbocycles. The Labute approximate surface area is 182 Å². The van der Waals surface area contributed by atoms with E-state index >= 15 is 0 Å². The van der Waals surface area contributed by atoms with Crippen molar-refractivity contribution in [2.24, 2.45) is 0 Å². The van der Waals surface area contributed by atoms with Gasteiger partial charge in [-0.05, 0) is 25.7 Å². The molecule has 0 rings (SSSR count). The molecule has 176 valence electrons. The summed E-state index contributed by atoms with van der Waals surface area (Å²) in [4.78, 5) is 0. The smallest absolute Gasteiger partial charge is 0.267 e. The lowest BCUT2D eigenvalue weighted by atomic mass is 10.0. The van der Waals surface area contributed by atoms with E-state index in [0.29, 0.717) is 12.8 Å². The van der Waals surface area contributed by atoms with Crippen molar-refractivity contribution >= 4 is 10.1 Å². The maximum atomic E-state index is 11.7. The van der Waals surface area contributed by atoms with Gasteiger partial charge in [0.2, 0.25) is 0 Å². The zero-order chi connectivity index (χ0) is 21.8. The van der Waals surface area contributed by atoms with Crippen LogP contribution in [0.3, 0.4) is 0 Å². The average molecular weight is 435 g/mol. The van der Waals surface area contributed by atoms with E-state index < -0.39 is 15.4 Å². The highest BCUT2D eigenvalue weighted by atomic mass is 32.2. The van der Waals surface area contributed by atoms with Crippen molar-refractivity contribution in [3.05, 3.63) is 0 Å². The molecule has 0 aliphatic heterocycles. The van der Waals surface area contributed by atoms with Gasteiger partial charge in [-0.15, -0.1) is 0 Å². The zero-order valence-electron chi connectivity index (χ0n) is 19.4. The summed E-state index contributed by atoms with van der Waals surface area (Å²) in [5.74, 6) is 0. The number of hydrogen-bond donors (Lipinski definition) is 2. The van der Waals surface area contributed by atoms with Gasteiger partial charge < -0.3 is 5.11 Å². The van der Waals surface area contributed by atoms with Crippen LogP contribution in [0, 0.1) is 0 Å². The summed E-state index contributed by atoms with van der Waals surface area (Å²) >= 11 is 0. The van der Waals surface area contributed by atoms with Crippen LogP contribution in [0.4, 0.5) is 0 Å². The summed E-state index contributed by atoms with van der Waals surface area (Å²) in [6, 6.07) is 0. The van der Waals surface area contributed by atoms with Crippen molar-refractivity contribution in [3.8, 4) is 0 Å². The van der Waals surface area contributed by atoms with Crippen molar-refractivity contribution in [2.75, 3.05) is 0 Å². The quantitative estimate of drug-likeness (QED) is 0.137. The van der Waals surface area contributed by atoms with Crippen molar-refractivity contribution in [1.82, 2.24) is 0 Å². The lowest BCUT2D eigenvalue weighted by molar-refractivity contribution is 0.147. The van der Waals surface area contributed by atoms with E-state index in [-0.39, 0.29) is 6.10 Å². The molecule has 0 spiro atoms. The Bertz CT molecular complexity index is 436. The number of rotatable bonds is 22. The average Bonchev–Trinajstić information content (AvgIpc) is 2.67. The van der Waals surface area contributed by atoms with Gasteiger partial charge in [0.15, 0.2) is 0 Å². The summed E-state index contributed by atoms with van der Waals surface area (Å²) in [5.41, 5.74) is 0. The van der Waals surface area contributed by atoms with Crippen LogP contribution in [0.5, 0.6) is 0 Å². The summed E-state index contributed by atoms with van der Waals surface area (Å²) in [6.45, 7) is 4.42. The third-order valence-electron chi connectivity index (χ3n) is 6.01. The molecular formula is C24H50O4S. The molecule has 0 bridgehead atoms. The first-order valence-corrected chi connectivity index (χ1v) is 14.1. The molecule has 0 aliphatic rings. The van der Waals surface area contributed by atoms with Gasteiger partial charge in [-0.3, -0.25) is 4.55 Å². The molecule has 5 heteroatoms. The Hall–Kier alpha value is -0.130. The highest BCUT2D eigenvalue weighted by Crippen LogP contribution is 2.20. The van der Waals surface area contributed by atoms with Gasteiger partial charge in [0.1, 0.15) is 0 Å². The Morgan fingerprint density at radius 3 is 1.28 bits per heavy atom. The molecule has 0 heterocycles. The van der Waals surface area contributed by atoms with Gasteiger partial charge in [-0.2, -0.15) is 8.42 Å². The predicted octanol–water partition coefficient (Wildman–Crippen LogP) is 7.45. The standard InChI is InChI=1S/C24H50O4S/c1-3-5-7-9-10-11-12-14-16-21-24(29(26,27)28)22-18-17-20-23(25)19-15-13-8-6-4-2/h23-25H,3-22H2,1-2H3,(H,26,27,28). The van der Waals surface area contributed by atoms with Crippen molar-refractivity contribution < 1.29 is 18.1 Å². The highest BCUT2D eigenvalue weighted by molar-refractivity contribution is 7.86. The normalized spacial score (nSPS) is 14.2. The van der Waals surface area contributed by atoms with E-state index in [1.54, 1.807) is 0 Å². The molecule has 0 saturated carbocycles. The minimum absolute atomic E-state index is 0.266. The molecule has 0 aromatic heterocycles. The van der Waals surface area contributed by atoms with Crippen molar-refractivity contribution in [3.63, 3.8) is 0 Å². The Morgan fingerprint density at radius 1 is 0.552 bits per heavy atom.